The molecule has 0 bridgehead atoms. The van der Waals surface area contributed by atoms with Crippen molar-refractivity contribution in [1.82, 2.24) is 10.2 Å². The summed E-state index contributed by atoms with van der Waals surface area (Å²) in [6, 6.07) is 6.56. The van der Waals surface area contributed by atoms with E-state index < -0.39 is 29.1 Å². The van der Waals surface area contributed by atoms with Crippen LogP contribution < -0.4 is 10.6 Å². The molecule has 3 N–H and O–H groups in total. The molecule has 9 heteroatoms. The molecular formula is C22H24F2IN3O3. The van der Waals surface area contributed by atoms with Crippen LogP contribution in [0.4, 0.5) is 20.2 Å². The lowest BCUT2D eigenvalue weighted by molar-refractivity contribution is 0.0690. The van der Waals surface area contributed by atoms with Crippen LogP contribution in [0, 0.1) is 22.1 Å². The maximum absolute atomic E-state index is 14.9. The van der Waals surface area contributed by atoms with Crippen molar-refractivity contribution in [2.24, 2.45) is 0 Å². The Hall–Kier alpha value is -2.27. The van der Waals surface area contributed by atoms with E-state index in [1.165, 1.54) is 0 Å². The highest BCUT2D eigenvalue weighted by molar-refractivity contribution is 14.1. The summed E-state index contributed by atoms with van der Waals surface area (Å²) >= 11 is 2.13. The van der Waals surface area contributed by atoms with Gasteiger partial charge in [-0.2, -0.15) is 0 Å². The van der Waals surface area contributed by atoms with Gasteiger partial charge in [0.1, 0.15) is 0 Å². The van der Waals surface area contributed by atoms with Crippen molar-refractivity contribution in [2.45, 2.75) is 32.2 Å². The third-order valence-corrected chi connectivity index (χ3v) is 6.24. The van der Waals surface area contributed by atoms with Crippen LogP contribution in [-0.2, 0) is 0 Å². The van der Waals surface area contributed by atoms with Gasteiger partial charge in [0.05, 0.1) is 16.8 Å². The number of hydrogen-bond acceptors (Lipinski definition) is 4. The van der Waals surface area contributed by atoms with Crippen molar-refractivity contribution < 1.29 is 23.5 Å². The number of aryl methyl sites for hydroxylation is 1. The second kappa shape index (κ2) is 9.90. The van der Waals surface area contributed by atoms with E-state index >= 15 is 0 Å². The number of carbonyl (C=O) groups excluding carboxylic acids is 1. The van der Waals surface area contributed by atoms with Crippen LogP contribution in [0.1, 0.15) is 45.5 Å². The van der Waals surface area contributed by atoms with Gasteiger partial charge in [-0.15, -0.1) is 0 Å². The number of halogens is 3. The Balaban J connectivity index is 1.90. The van der Waals surface area contributed by atoms with E-state index in [2.05, 4.69) is 38.1 Å². The van der Waals surface area contributed by atoms with Gasteiger partial charge in [0.25, 0.3) is 5.91 Å². The number of carboxylic acid groups (broad SMARTS) is 1. The molecule has 1 amide bonds. The molecule has 2 aromatic carbocycles. The fraction of sp³-hybridized carbons (Fsp3) is 0.364. The molecule has 1 saturated heterocycles. The number of likely N-dealkylation sites (tertiary alicyclic amines) is 1. The number of nitrogens with zero attached hydrogens (tertiary/aromatic N) is 1. The van der Waals surface area contributed by atoms with Crippen LogP contribution >= 0.6 is 22.6 Å². The lowest BCUT2D eigenvalue weighted by Crippen LogP contribution is -2.32. The van der Waals surface area contributed by atoms with Crippen LogP contribution in [0.3, 0.4) is 0 Å². The third kappa shape index (κ3) is 5.32. The van der Waals surface area contributed by atoms with Crippen LogP contribution in [-0.4, -0.2) is 48.1 Å². The average Bonchev–Trinajstić information content (AvgIpc) is 3.11. The fourth-order valence-electron chi connectivity index (χ4n) is 3.78. The molecular weight excluding hydrogens is 519 g/mol. The monoisotopic (exact) mass is 543 g/mol. The highest BCUT2D eigenvalue weighted by atomic mass is 127. The lowest BCUT2D eigenvalue weighted by Gasteiger charge is -2.20. The number of aromatic carboxylic acids is 1. The maximum atomic E-state index is 14.9. The van der Waals surface area contributed by atoms with Crippen LogP contribution in [0.15, 0.2) is 24.3 Å². The number of hydrogen-bond donors (Lipinski definition) is 3. The normalized spacial score (nSPS) is 16.4. The van der Waals surface area contributed by atoms with E-state index in [1.54, 1.807) is 19.1 Å². The summed E-state index contributed by atoms with van der Waals surface area (Å²) in [5, 5.41) is 14.7. The van der Waals surface area contributed by atoms with Crippen molar-refractivity contribution in [3.05, 3.63) is 56.2 Å². The summed E-state index contributed by atoms with van der Waals surface area (Å²) in [6.07, 6.45) is 2.86. The molecule has 1 unspecified atom stereocenters. The fourth-order valence-corrected chi connectivity index (χ4v) is 4.42. The van der Waals surface area contributed by atoms with Gasteiger partial charge < -0.3 is 20.6 Å². The van der Waals surface area contributed by atoms with Crippen molar-refractivity contribution in [3.63, 3.8) is 0 Å². The maximum Gasteiger partial charge on any atom is 0.338 e. The zero-order chi connectivity index (χ0) is 22.7. The second-order valence-electron chi connectivity index (χ2n) is 7.69. The summed E-state index contributed by atoms with van der Waals surface area (Å²) in [5.41, 5.74) is -0.271. The molecule has 0 saturated carbocycles. The van der Waals surface area contributed by atoms with Gasteiger partial charge in [-0.25, -0.2) is 13.6 Å². The Morgan fingerprint density at radius 3 is 2.58 bits per heavy atom. The van der Waals surface area contributed by atoms with Gasteiger partial charge >= 0.3 is 5.97 Å². The largest absolute Gasteiger partial charge is 0.478 e. The summed E-state index contributed by atoms with van der Waals surface area (Å²) in [4.78, 5) is 26.4. The van der Waals surface area contributed by atoms with E-state index in [1.807, 2.05) is 13.1 Å². The molecule has 1 aliphatic heterocycles. The molecule has 1 atom stereocenters. The Morgan fingerprint density at radius 1 is 1.23 bits per heavy atom. The highest BCUT2D eigenvalue weighted by Crippen LogP contribution is 2.31. The minimum atomic E-state index is -1.64. The van der Waals surface area contributed by atoms with E-state index in [4.69, 9.17) is 0 Å². The minimum absolute atomic E-state index is 0.256. The molecule has 166 valence electrons. The summed E-state index contributed by atoms with van der Waals surface area (Å²) in [5.74, 6) is -5.22. The number of carboxylic acids is 1. The molecule has 1 aliphatic rings. The average molecular weight is 543 g/mol. The van der Waals surface area contributed by atoms with Gasteiger partial charge in [-0.1, -0.05) is 0 Å². The minimum Gasteiger partial charge on any atom is -0.478 e. The van der Waals surface area contributed by atoms with Gasteiger partial charge in [0, 0.05) is 21.8 Å². The number of benzene rings is 2. The number of nitrogens with one attached hydrogen (secondary N) is 2. The first-order chi connectivity index (χ1) is 14.7. The summed E-state index contributed by atoms with van der Waals surface area (Å²) in [6.45, 7) is 3.15. The van der Waals surface area contributed by atoms with E-state index in [0.717, 1.165) is 41.0 Å². The first kappa shape index (κ1) is 23.4. The van der Waals surface area contributed by atoms with Gasteiger partial charge in [0.15, 0.2) is 11.6 Å². The standard InChI is InChI=1S/C22H24F2IN3O3/c1-12-10-13(25)5-6-17(12)27-20-16(11-15(22(30)31)18(23)19(20)24)21(29)26-8-7-14-4-3-9-28(14)2/h5-6,10-11,14,27H,3-4,7-9H2,1-2H3,(H,26,29)(H,30,31). The van der Waals surface area contributed by atoms with Crippen LogP contribution in [0.5, 0.6) is 0 Å². The molecule has 0 aromatic heterocycles. The molecule has 6 nitrogen and oxygen atoms in total. The topological polar surface area (TPSA) is 81.7 Å². The Kier molecular flexibility index (Phi) is 7.47. The summed E-state index contributed by atoms with van der Waals surface area (Å²) < 4.78 is 30.2. The smallest absolute Gasteiger partial charge is 0.338 e. The zero-order valence-corrected chi connectivity index (χ0v) is 19.4. The van der Waals surface area contributed by atoms with E-state index in [0.29, 0.717) is 18.3 Å². The SMILES string of the molecule is Cc1cc(I)ccc1Nc1c(C(=O)NCCC2CCCN2C)cc(C(=O)O)c(F)c1F. The zero-order valence-electron chi connectivity index (χ0n) is 17.3. The van der Waals surface area contributed by atoms with E-state index in [-0.39, 0.29) is 11.3 Å². The molecule has 0 aliphatic carbocycles. The van der Waals surface area contributed by atoms with Gasteiger partial charge in [-0.3, -0.25) is 4.79 Å². The predicted molar refractivity (Wildman–Crippen MR) is 123 cm³/mol. The molecule has 0 radical (unpaired) electrons. The van der Waals surface area contributed by atoms with Crippen LogP contribution in [0.2, 0.25) is 0 Å². The number of carbonyl (C=O) groups is 2. The molecule has 2 aromatic rings. The van der Waals surface area contributed by atoms with Crippen LogP contribution in [0.25, 0.3) is 0 Å². The van der Waals surface area contributed by atoms with Crippen molar-refractivity contribution in [2.75, 3.05) is 25.5 Å². The number of amides is 1. The Morgan fingerprint density at radius 2 is 1.97 bits per heavy atom. The first-order valence-electron chi connectivity index (χ1n) is 9.96. The quantitative estimate of drug-likeness (QED) is 0.448. The molecule has 1 fully saturated rings. The highest BCUT2D eigenvalue weighted by Gasteiger charge is 2.26. The molecule has 0 spiro atoms. The van der Waals surface area contributed by atoms with E-state index in [9.17, 15) is 23.5 Å². The Bertz CT molecular complexity index is 1020. The van der Waals surface area contributed by atoms with Crippen molar-refractivity contribution in [1.29, 1.82) is 0 Å². The molecule has 1 heterocycles. The van der Waals surface area contributed by atoms with Gasteiger partial charge in [-0.05, 0) is 92.2 Å². The van der Waals surface area contributed by atoms with Crippen molar-refractivity contribution in [3.8, 4) is 0 Å². The second-order valence-corrected chi connectivity index (χ2v) is 8.93. The molecule has 31 heavy (non-hydrogen) atoms. The number of anilines is 2. The summed E-state index contributed by atoms with van der Waals surface area (Å²) in [7, 11) is 2.03. The third-order valence-electron chi connectivity index (χ3n) is 5.56. The first-order valence-corrected chi connectivity index (χ1v) is 11.0. The molecule has 3 rings (SSSR count). The lowest BCUT2D eigenvalue weighted by atomic mass is 10.0. The predicted octanol–water partition coefficient (Wildman–Crippen LogP) is 4.53. The number of rotatable bonds is 7. The van der Waals surface area contributed by atoms with Gasteiger partial charge in [0.2, 0.25) is 0 Å². The van der Waals surface area contributed by atoms with Crippen molar-refractivity contribution >= 4 is 45.8 Å². The Labute approximate surface area is 193 Å².